The van der Waals surface area contributed by atoms with Crippen LogP contribution in [0, 0.1) is 0 Å². The summed E-state index contributed by atoms with van der Waals surface area (Å²) in [7, 11) is 1.77. The van der Waals surface area contributed by atoms with E-state index in [1.807, 2.05) is 12.1 Å². The van der Waals surface area contributed by atoms with Gasteiger partial charge in [0.25, 0.3) is 0 Å². The molecule has 8 nitrogen and oxygen atoms in total. The predicted octanol–water partition coefficient (Wildman–Crippen LogP) is 0.830. The van der Waals surface area contributed by atoms with Crippen LogP contribution >= 0.6 is 11.8 Å². The Labute approximate surface area is 175 Å². The first-order valence-electron chi connectivity index (χ1n) is 9.94. The molecular weight excluding hydrogens is 390 g/mol. The number of amides is 1. The highest BCUT2D eigenvalue weighted by molar-refractivity contribution is 7.99. The van der Waals surface area contributed by atoms with Crippen molar-refractivity contribution in [2.24, 2.45) is 7.05 Å². The van der Waals surface area contributed by atoms with Crippen LogP contribution in [0.5, 0.6) is 0 Å². The molecule has 1 fully saturated rings. The lowest BCUT2D eigenvalue weighted by atomic mass is 10.2. The Hall–Kier alpha value is -2.39. The van der Waals surface area contributed by atoms with Crippen LogP contribution in [-0.2, 0) is 34.3 Å². The second kappa shape index (κ2) is 10.4. The van der Waals surface area contributed by atoms with Crippen LogP contribution in [0.3, 0.4) is 0 Å². The summed E-state index contributed by atoms with van der Waals surface area (Å²) in [6.45, 7) is 5.64. The largest absolute Gasteiger partial charge is 0.466 e. The van der Waals surface area contributed by atoms with Crippen molar-refractivity contribution >= 4 is 29.3 Å². The molecule has 1 aliphatic rings. The number of anilines is 1. The molecule has 2 aromatic rings. The van der Waals surface area contributed by atoms with Gasteiger partial charge >= 0.3 is 5.97 Å². The van der Waals surface area contributed by atoms with E-state index in [1.54, 1.807) is 23.4 Å². The van der Waals surface area contributed by atoms with Gasteiger partial charge in [0.15, 0.2) is 5.16 Å². The van der Waals surface area contributed by atoms with Gasteiger partial charge in [-0.25, -0.2) is 0 Å². The number of benzene rings is 1. The number of nitrogens with zero attached hydrogens (tertiary/aromatic N) is 3. The number of aromatic nitrogens is 3. The van der Waals surface area contributed by atoms with Crippen LogP contribution in [-0.4, -0.2) is 52.1 Å². The molecule has 0 bridgehead atoms. The van der Waals surface area contributed by atoms with Gasteiger partial charge in [0.05, 0.1) is 25.4 Å². The summed E-state index contributed by atoms with van der Waals surface area (Å²) < 4.78 is 6.64. The highest BCUT2D eigenvalue weighted by Gasteiger charge is 2.16. The number of carbonyl (C=O) groups is 2. The van der Waals surface area contributed by atoms with E-state index in [1.165, 1.54) is 43.3 Å². The smallest absolute Gasteiger partial charge is 0.313 e. The Kier molecular flexibility index (Phi) is 7.65. The number of thioether (sulfide) groups is 1. The van der Waals surface area contributed by atoms with Crippen molar-refractivity contribution in [2.75, 3.05) is 30.8 Å². The van der Waals surface area contributed by atoms with Crippen LogP contribution in [0.2, 0.25) is 0 Å². The van der Waals surface area contributed by atoms with E-state index in [9.17, 15) is 9.59 Å². The first kappa shape index (κ1) is 21.3. The van der Waals surface area contributed by atoms with Crippen molar-refractivity contribution in [3.8, 4) is 0 Å². The predicted molar refractivity (Wildman–Crippen MR) is 111 cm³/mol. The van der Waals surface area contributed by atoms with E-state index >= 15 is 0 Å². The molecule has 1 aromatic heterocycles. The quantitative estimate of drug-likeness (QED) is 0.463. The number of carbonyl (C=O) groups excluding carboxylic acids is 2. The summed E-state index contributed by atoms with van der Waals surface area (Å²) in [5, 5.41) is 11.6. The fourth-order valence-corrected chi connectivity index (χ4v) is 4.07. The van der Waals surface area contributed by atoms with Crippen LogP contribution in [0.4, 0.5) is 5.69 Å². The van der Waals surface area contributed by atoms with Gasteiger partial charge in [-0.05, 0) is 19.1 Å². The van der Waals surface area contributed by atoms with Crippen molar-refractivity contribution in [1.82, 2.24) is 14.8 Å². The van der Waals surface area contributed by atoms with Gasteiger partial charge in [-0.15, -0.1) is 10.2 Å². The van der Waals surface area contributed by atoms with Crippen molar-refractivity contribution in [3.63, 3.8) is 0 Å². The van der Waals surface area contributed by atoms with Crippen molar-refractivity contribution in [1.29, 1.82) is 0 Å². The normalized spacial score (nSPS) is 14.1. The van der Waals surface area contributed by atoms with Crippen LogP contribution in [0.25, 0.3) is 0 Å². The van der Waals surface area contributed by atoms with Gasteiger partial charge < -0.3 is 19.5 Å². The Morgan fingerprint density at radius 1 is 1.21 bits per heavy atom. The zero-order valence-corrected chi connectivity index (χ0v) is 17.8. The number of nitrogens with one attached hydrogen (secondary N) is 2. The molecular formula is C20H28N5O3S+. The maximum atomic E-state index is 12.3. The highest BCUT2D eigenvalue weighted by Crippen LogP contribution is 2.17. The fraction of sp³-hybridized carbons (Fsp3) is 0.500. The van der Waals surface area contributed by atoms with E-state index in [2.05, 4.69) is 27.6 Å². The Morgan fingerprint density at radius 2 is 1.93 bits per heavy atom. The van der Waals surface area contributed by atoms with Crippen molar-refractivity contribution < 1.29 is 19.2 Å². The first-order valence-corrected chi connectivity index (χ1v) is 10.9. The summed E-state index contributed by atoms with van der Waals surface area (Å²) in [6.07, 6.45) is 2.70. The van der Waals surface area contributed by atoms with E-state index in [0.717, 1.165) is 12.2 Å². The summed E-state index contributed by atoms with van der Waals surface area (Å²) in [5.74, 6) is 0.280. The van der Waals surface area contributed by atoms with E-state index in [-0.39, 0.29) is 24.1 Å². The van der Waals surface area contributed by atoms with E-state index in [0.29, 0.717) is 17.6 Å². The molecule has 0 aliphatic carbocycles. The molecule has 0 saturated carbocycles. The van der Waals surface area contributed by atoms with Gasteiger partial charge in [-0.1, -0.05) is 23.9 Å². The zero-order chi connectivity index (χ0) is 20.6. The molecule has 1 aromatic carbocycles. The van der Waals surface area contributed by atoms with Gasteiger partial charge in [0.1, 0.15) is 18.8 Å². The Bertz CT molecular complexity index is 831. The number of hydrogen-bond donors (Lipinski definition) is 2. The molecule has 1 amide bonds. The van der Waals surface area contributed by atoms with Crippen LogP contribution in [0.1, 0.15) is 31.2 Å². The Morgan fingerprint density at radius 3 is 2.62 bits per heavy atom. The van der Waals surface area contributed by atoms with Crippen molar-refractivity contribution in [2.45, 2.75) is 37.9 Å². The summed E-state index contributed by atoms with van der Waals surface area (Å²) in [5.41, 5.74) is 2.08. The zero-order valence-electron chi connectivity index (χ0n) is 16.9. The minimum absolute atomic E-state index is 0.0651. The number of ether oxygens (including phenoxy) is 1. The lowest BCUT2D eigenvalue weighted by Gasteiger charge is -2.12. The molecule has 2 N–H and O–H groups in total. The molecule has 1 saturated heterocycles. The second-order valence-corrected chi connectivity index (χ2v) is 8.05. The molecule has 0 radical (unpaired) electrons. The highest BCUT2D eigenvalue weighted by atomic mass is 32.2. The minimum Gasteiger partial charge on any atom is -0.466 e. The molecule has 29 heavy (non-hydrogen) atoms. The van der Waals surface area contributed by atoms with Crippen LogP contribution < -0.4 is 10.2 Å². The molecule has 0 spiro atoms. The molecule has 9 heteroatoms. The van der Waals surface area contributed by atoms with E-state index < -0.39 is 0 Å². The number of likely N-dealkylation sites (tertiary alicyclic amines) is 1. The maximum absolute atomic E-state index is 12.3. The third-order valence-electron chi connectivity index (χ3n) is 4.87. The first-order chi connectivity index (χ1) is 14.0. The standard InChI is InChI=1S/C20H27N5O3S/c1-3-28-19(27)12-17-22-23-20(24(17)2)29-14-18(26)21-16-8-6-15(7-9-16)13-25-10-4-5-11-25/h6-9H,3-5,10-14H2,1-2H3,(H,21,26)/p+1. The molecule has 1 aliphatic heterocycles. The van der Waals surface area contributed by atoms with Gasteiger partial charge in [0, 0.05) is 31.1 Å². The second-order valence-electron chi connectivity index (χ2n) is 7.11. The number of esters is 1. The summed E-state index contributed by atoms with van der Waals surface area (Å²) in [6, 6.07) is 8.07. The number of quaternary nitrogens is 1. The Balaban J connectivity index is 1.46. The van der Waals surface area contributed by atoms with Gasteiger partial charge in [0.2, 0.25) is 5.91 Å². The molecule has 3 rings (SSSR count). The average molecular weight is 419 g/mol. The van der Waals surface area contributed by atoms with Gasteiger partial charge in [-0.2, -0.15) is 0 Å². The number of hydrogen-bond acceptors (Lipinski definition) is 6. The lowest BCUT2D eigenvalue weighted by molar-refractivity contribution is -0.901. The fourth-order valence-electron chi connectivity index (χ4n) is 3.34. The molecule has 2 heterocycles. The number of rotatable bonds is 9. The molecule has 0 unspecified atom stereocenters. The monoisotopic (exact) mass is 418 g/mol. The minimum atomic E-state index is -0.341. The molecule has 0 atom stereocenters. The lowest BCUT2D eigenvalue weighted by Crippen LogP contribution is -3.08. The third kappa shape index (κ3) is 6.30. The summed E-state index contributed by atoms with van der Waals surface area (Å²) >= 11 is 1.28. The third-order valence-corrected chi connectivity index (χ3v) is 5.89. The SMILES string of the molecule is CCOC(=O)Cc1nnc(SCC(=O)Nc2ccc(C[NH+]3CCCC3)cc2)n1C. The average Bonchev–Trinajstić information content (AvgIpc) is 3.33. The van der Waals surface area contributed by atoms with Gasteiger partial charge in [-0.3, -0.25) is 9.59 Å². The van der Waals surface area contributed by atoms with E-state index in [4.69, 9.17) is 4.74 Å². The maximum Gasteiger partial charge on any atom is 0.313 e. The van der Waals surface area contributed by atoms with Crippen molar-refractivity contribution in [3.05, 3.63) is 35.7 Å². The topological polar surface area (TPSA) is 90.6 Å². The summed E-state index contributed by atoms with van der Waals surface area (Å²) in [4.78, 5) is 25.5. The van der Waals surface area contributed by atoms with Crippen LogP contribution in [0.15, 0.2) is 29.4 Å². The molecule has 156 valence electrons.